The molecule has 3 nitrogen and oxygen atoms in total. The van der Waals surface area contributed by atoms with Crippen LogP contribution in [0.2, 0.25) is 0 Å². The van der Waals surface area contributed by atoms with Gasteiger partial charge in [-0.3, -0.25) is 4.79 Å². The van der Waals surface area contributed by atoms with Crippen LogP contribution in [-0.2, 0) is 11.2 Å². The number of aliphatic hydroxyl groups excluding tert-OH is 1. The molecule has 1 fully saturated rings. The Morgan fingerprint density at radius 3 is 2.63 bits per heavy atom. The van der Waals surface area contributed by atoms with E-state index in [1.54, 1.807) is 12.1 Å². The highest BCUT2D eigenvalue weighted by molar-refractivity contribution is 5.78. The summed E-state index contributed by atoms with van der Waals surface area (Å²) in [6.45, 7) is 0.529. The molecule has 0 spiro atoms. The second-order valence-corrected chi connectivity index (χ2v) is 5.22. The van der Waals surface area contributed by atoms with E-state index >= 15 is 0 Å². The van der Waals surface area contributed by atoms with Gasteiger partial charge in [0.1, 0.15) is 5.82 Å². The van der Waals surface area contributed by atoms with E-state index in [9.17, 15) is 14.3 Å². The number of nitrogens with one attached hydrogen (secondary N) is 1. The molecular weight excluding hydrogens is 245 g/mol. The van der Waals surface area contributed by atoms with Crippen molar-refractivity contribution in [3.63, 3.8) is 0 Å². The minimum atomic E-state index is -0.297. The van der Waals surface area contributed by atoms with Crippen molar-refractivity contribution < 1.29 is 14.3 Å². The van der Waals surface area contributed by atoms with E-state index in [4.69, 9.17) is 0 Å². The number of benzene rings is 1. The Kier molecular flexibility index (Phi) is 4.91. The standard InChI is InChI=1S/C15H20FNO2/c16-13-7-5-11(6-8-13)9-15(19)17-10-12-3-1-2-4-14(12)18/h5-8,12,14,18H,1-4,9-10H2,(H,17,19). The van der Waals surface area contributed by atoms with E-state index in [-0.39, 0.29) is 30.2 Å². The van der Waals surface area contributed by atoms with Gasteiger partial charge >= 0.3 is 0 Å². The summed E-state index contributed by atoms with van der Waals surface area (Å²) in [6.07, 6.45) is 3.95. The maximum absolute atomic E-state index is 12.7. The molecule has 1 aliphatic carbocycles. The quantitative estimate of drug-likeness (QED) is 0.875. The molecule has 2 atom stereocenters. The van der Waals surface area contributed by atoms with Crippen molar-refractivity contribution in [2.24, 2.45) is 5.92 Å². The lowest BCUT2D eigenvalue weighted by atomic mass is 9.86. The molecule has 2 rings (SSSR count). The average Bonchev–Trinajstić information content (AvgIpc) is 2.40. The molecule has 104 valence electrons. The van der Waals surface area contributed by atoms with Crippen LogP contribution in [0.3, 0.4) is 0 Å². The first kappa shape index (κ1) is 14.0. The summed E-state index contributed by atoms with van der Waals surface area (Å²) in [5.41, 5.74) is 0.795. The van der Waals surface area contributed by atoms with Crippen molar-refractivity contribution in [2.45, 2.75) is 38.2 Å². The molecule has 1 saturated carbocycles. The molecule has 0 aromatic heterocycles. The Morgan fingerprint density at radius 2 is 1.95 bits per heavy atom. The highest BCUT2D eigenvalue weighted by Gasteiger charge is 2.23. The average molecular weight is 265 g/mol. The van der Waals surface area contributed by atoms with E-state index in [1.807, 2.05) is 0 Å². The second kappa shape index (κ2) is 6.66. The number of carbonyl (C=O) groups excluding carboxylic acids is 1. The topological polar surface area (TPSA) is 49.3 Å². The van der Waals surface area contributed by atoms with Gasteiger partial charge in [-0.15, -0.1) is 0 Å². The predicted octanol–water partition coefficient (Wildman–Crippen LogP) is 2.04. The molecule has 19 heavy (non-hydrogen) atoms. The maximum atomic E-state index is 12.7. The van der Waals surface area contributed by atoms with Gasteiger partial charge < -0.3 is 10.4 Å². The summed E-state index contributed by atoms with van der Waals surface area (Å²) in [5.74, 6) is -0.204. The first-order chi connectivity index (χ1) is 9.15. The first-order valence-electron chi connectivity index (χ1n) is 6.84. The van der Waals surface area contributed by atoms with Crippen LogP contribution < -0.4 is 5.32 Å². The zero-order chi connectivity index (χ0) is 13.7. The van der Waals surface area contributed by atoms with E-state index < -0.39 is 0 Å². The minimum Gasteiger partial charge on any atom is -0.393 e. The fraction of sp³-hybridized carbons (Fsp3) is 0.533. The van der Waals surface area contributed by atoms with Gasteiger partial charge in [-0.25, -0.2) is 4.39 Å². The van der Waals surface area contributed by atoms with E-state index in [2.05, 4.69) is 5.32 Å². The molecule has 0 bridgehead atoms. The Bertz CT molecular complexity index is 419. The number of carbonyl (C=O) groups is 1. The monoisotopic (exact) mass is 265 g/mol. The molecule has 2 N–H and O–H groups in total. The Hall–Kier alpha value is -1.42. The van der Waals surface area contributed by atoms with Crippen molar-refractivity contribution >= 4 is 5.91 Å². The third-order valence-corrected chi connectivity index (χ3v) is 3.71. The van der Waals surface area contributed by atoms with Crippen LogP contribution in [0.4, 0.5) is 4.39 Å². The van der Waals surface area contributed by atoms with Gasteiger partial charge in [0.05, 0.1) is 12.5 Å². The lowest BCUT2D eigenvalue weighted by molar-refractivity contribution is -0.120. The smallest absolute Gasteiger partial charge is 0.224 e. The molecule has 1 aromatic rings. The van der Waals surface area contributed by atoms with Crippen molar-refractivity contribution in [3.8, 4) is 0 Å². The van der Waals surface area contributed by atoms with E-state index in [0.29, 0.717) is 6.54 Å². The zero-order valence-corrected chi connectivity index (χ0v) is 10.9. The Morgan fingerprint density at radius 1 is 1.26 bits per heavy atom. The number of rotatable bonds is 4. The van der Waals surface area contributed by atoms with Crippen LogP contribution in [0, 0.1) is 11.7 Å². The van der Waals surface area contributed by atoms with Crippen LogP contribution >= 0.6 is 0 Å². The number of amides is 1. The largest absolute Gasteiger partial charge is 0.393 e. The minimum absolute atomic E-state index is 0.0793. The summed E-state index contributed by atoms with van der Waals surface area (Å²) in [5, 5.41) is 12.7. The van der Waals surface area contributed by atoms with Crippen LogP contribution in [0.25, 0.3) is 0 Å². The molecule has 0 radical (unpaired) electrons. The maximum Gasteiger partial charge on any atom is 0.224 e. The number of aliphatic hydroxyl groups is 1. The van der Waals surface area contributed by atoms with Gasteiger partial charge in [0.15, 0.2) is 0 Å². The summed E-state index contributed by atoms with van der Waals surface area (Å²) in [6, 6.07) is 5.94. The van der Waals surface area contributed by atoms with Crippen LogP contribution in [0.15, 0.2) is 24.3 Å². The third kappa shape index (κ3) is 4.31. The third-order valence-electron chi connectivity index (χ3n) is 3.71. The molecule has 1 amide bonds. The van der Waals surface area contributed by atoms with Gasteiger partial charge in [0, 0.05) is 12.5 Å². The molecule has 1 aliphatic rings. The van der Waals surface area contributed by atoms with Crippen molar-refractivity contribution in [1.29, 1.82) is 0 Å². The molecule has 2 unspecified atom stereocenters. The Labute approximate surface area is 112 Å². The fourth-order valence-corrected chi connectivity index (χ4v) is 2.52. The van der Waals surface area contributed by atoms with Gasteiger partial charge in [-0.05, 0) is 30.5 Å². The van der Waals surface area contributed by atoms with Gasteiger partial charge in [0.25, 0.3) is 0 Å². The number of halogens is 1. The Balaban J connectivity index is 1.76. The van der Waals surface area contributed by atoms with Crippen LogP contribution in [0.5, 0.6) is 0 Å². The molecular formula is C15H20FNO2. The van der Waals surface area contributed by atoms with E-state index in [0.717, 1.165) is 31.2 Å². The predicted molar refractivity (Wildman–Crippen MR) is 71.1 cm³/mol. The molecule has 4 heteroatoms. The van der Waals surface area contributed by atoms with Gasteiger partial charge in [0.2, 0.25) is 5.91 Å². The van der Waals surface area contributed by atoms with Crippen molar-refractivity contribution in [2.75, 3.05) is 6.54 Å². The lowest BCUT2D eigenvalue weighted by Gasteiger charge is -2.27. The SMILES string of the molecule is O=C(Cc1ccc(F)cc1)NCC1CCCCC1O. The van der Waals surface area contributed by atoms with Crippen molar-refractivity contribution in [1.82, 2.24) is 5.32 Å². The highest BCUT2D eigenvalue weighted by atomic mass is 19.1. The van der Waals surface area contributed by atoms with Crippen LogP contribution in [0.1, 0.15) is 31.2 Å². The normalized spacial score (nSPS) is 23.1. The summed E-state index contributed by atoms with van der Waals surface area (Å²) >= 11 is 0. The highest BCUT2D eigenvalue weighted by Crippen LogP contribution is 2.23. The van der Waals surface area contributed by atoms with Gasteiger partial charge in [-0.1, -0.05) is 25.0 Å². The summed E-state index contributed by atoms with van der Waals surface area (Å²) in [7, 11) is 0. The first-order valence-corrected chi connectivity index (χ1v) is 6.84. The zero-order valence-electron chi connectivity index (χ0n) is 10.9. The molecule has 0 saturated heterocycles. The molecule has 0 aliphatic heterocycles. The van der Waals surface area contributed by atoms with Crippen molar-refractivity contribution in [3.05, 3.63) is 35.6 Å². The second-order valence-electron chi connectivity index (χ2n) is 5.22. The van der Waals surface area contributed by atoms with E-state index in [1.165, 1.54) is 12.1 Å². The number of hydrogen-bond donors (Lipinski definition) is 2. The van der Waals surface area contributed by atoms with Gasteiger partial charge in [-0.2, -0.15) is 0 Å². The summed E-state index contributed by atoms with van der Waals surface area (Å²) in [4.78, 5) is 11.8. The molecule has 1 aromatic carbocycles. The lowest BCUT2D eigenvalue weighted by Crippen LogP contribution is -2.37. The molecule has 0 heterocycles. The van der Waals surface area contributed by atoms with Crippen LogP contribution in [-0.4, -0.2) is 23.7 Å². The summed E-state index contributed by atoms with van der Waals surface area (Å²) < 4.78 is 12.7. The number of hydrogen-bond acceptors (Lipinski definition) is 2. The fourth-order valence-electron chi connectivity index (χ4n) is 2.52.